The third-order valence-electron chi connectivity index (χ3n) is 5.64. The van der Waals surface area contributed by atoms with E-state index in [-0.39, 0.29) is 0 Å². The van der Waals surface area contributed by atoms with Gasteiger partial charge in [-0.05, 0) is 60.2 Å². The first-order valence-corrected chi connectivity index (χ1v) is 11.3. The maximum Gasteiger partial charge on any atom is 0.224 e. The zero-order valence-electron chi connectivity index (χ0n) is 16.6. The van der Waals surface area contributed by atoms with Crippen LogP contribution in [0.25, 0.3) is 22.3 Å². The molecule has 0 saturated heterocycles. The third kappa shape index (κ3) is 4.15. The predicted octanol–water partition coefficient (Wildman–Crippen LogP) is 4.38. The Bertz CT molecular complexity index is 1110. The molecule has 0 aliphatic heterocycles. The Morgan fingerprint density at radius 3 is 2.90 bits per heavy atom. The van der Waals surface area contributed by atoms with Crippen molar-refractivity contribution < 1.29 is 0 Å². The first-order chi connectivity index (χ1) is 14.7. The van der Waals surface area contributed by atoms with Gasteiger partial charge in [-0.25, -0.2) is 4.98 Å². The number of aromatic amines is 1. The van der Waals surface area contributed by atoms with Gasteiger partial charge >= 0.3 is 0 Å². The normalized spacial score (nSPS) is 19.1. The smallest absolute Gasteiger partial charge is 0.224 e. The number of hydrogen-bond acceptors (Lipinski definition) is 7. The first kappa shape index (κ1) is 19.0. The minimum Gasteiger partial charge on any atom is -0.381 e. The molecule has 1 saturated carbocycles. The highest BCUT2D eigenvalue weighted by Crippen LogP contribution is 2.28. The monoisotopic (exact) mass is 419 g/mol. The van der Waals surface area contributed by atoms with Crippen LogP contribution in [-0.4, -0.2) is 32.2 Å². The van der Waals surface area contributed by atoms with Gasteiger partial charge in [-0.15, -0.1) is 0 Å². The Morgan fingerprint density at radius 2 is 2.07 bits per heavy atom. The maximum absolute atomic E-state index is 6.00. The molecular formula is C22H25N7S. The van der Waals surface area contributed by atoms with Crippen LogP contribution in [0.2, 0.25) is 0 Å². The molecule has 0 atom stereocenters. The summed E-state index contributed by atoms with van der Waals surface area (Å²) in [5, 5.41) is 19.6. The van der Waals surface area contributed by atoms with Crippen LogP contribution in [0.1, 0.15) is 31.2 Å². The summed E-state index contributed by atoms with van der Waals surface area (Å²) in [5.74, 6) is 0.632. The van der Waals surface area contributed by atoms with E-state index in [1.807, 2.05) is 12.3 Å². The lowest BCUT2D eigenvalue weighted by atomic mass is 9.92. The molecule has 4 aromatic rings. The summed E-state index contributed by atoms with van der Waals surface area (Å²) in [5.41, 5.74) is 11.0. The van der Waals surface area contributed by atoms with Gasteiger partial charge in [-0.2, -0.15) is 21.4 Å². The molecule has 3 aromatic heterocycles. The number of hydrogen-bond donors (Lipinski definition) is 4. The zero-order chi connectivity index (χ0) is 20.3. The molecular weight excluding hydrogens is 394 g/mol. The number of nitrogens with two attached hydrogens (primary N) is 1. The number of aromatic nitrogens is 4. The molecule has 0 amide bonds. The molecule has 0 bridgehead atoms. The molecule has 7 nitrogen and oxygen atoms in total. The van der Waals surface area contributed by atoms with Gasteiger partial charge in [0.2, 0.25) is 5.95 Å². The van der Waals surface area contributed by atoms with Gasteiger partial charge in [-0.3, -0.25) is 5.10 Å². The van der Waals surface area contributed by atoms with Crippen molar-refractivity contribution in [3.05, 3.63) is 52.9 Å². The molecule has 0 spiro atoms. The van der Waals surface area contributed by atoms with E-state index in [1.165, 1.54) is 5.56 Å². The molecule has 3 heterocycles. The molecule has 8 heteroatoms. The van der Waals surface area contributed by atoms with Gasteiger partial charge in [-0.1, -0.05) is 12.1 Å². The van der Waals surface area contributed by atoms with Crippen molar-refractivity contribution >= 4 is 34.0 Å². The van der Waals surface area contributed by atoms with Crippen molar-refractivity contribution in [2.24, 2.45) is 5.73 Å². The minimum atomic E-state index is 0.329. The molecule has 0 radical (unpaired) electrons. The van der Waals surface area contributed by atoms with Crippen LogP contribution in [0.5, 0.6) is 0 Å². The topological polar surface area (TPSA) is 105 Å². The molecule has 1 aliphatic rings. The zero-order valence-corrected chi connectivity index (χ0v) is 17.5. The first-order valence-electron chi connectivity index (χ1n) is 10.3. The number of H-pyrrole nitrogens is 1. The number of nitrogens with zero attached hydrogens (tertiary/aromatic N) is 3. The van der Waals surface area contributed by atoms with Crippen LogP contribution in [0, 0.1) is 0 Å². The van der Waals surface area contributed by atoms with E-state index in [2.05, 4.69) is 65.8 Å². The molecule has 1 aromatic carbocycles. The molecule has 5 rings (SSSR count). The summed E-state index contributed by atoms with van der Waals surface area (Å²) < 4.78 is 0. The van der Waals surface area contributed by atoms with Crippen LogP contribution in [-0.2, 0) is 6.54 Å². The van der Waals surface area contributed by atoms with E-state index in [9.17, 15) is 0 Å². The highest BCUT2D eigenvalue weighted by molar-refractivity contribution is 7.07. The van der Waals surface area contributed by atoms with E-state index >= 15 is 0 Å². The fourth-order valence-electron chi connectivity index (χ4n) is 3.92. The van der Waals surface area contributed by atoms with Gasteiger partial charge in [0.1, 0.15) is 0 Å². The highest BCUT2D eigenvalue weighted by Gasteiger charge is 2.19. The fraction of sp³-hybridized carbons (Fsp3) is 0.318. The highest BCUT2D eigenvalue weighted by atomic mass is 32.1. The SMILES string of the molecule is NC1CCC(Nc2ncc3c(-c4cccc(NCc5ccsc5)c4)[nH]nc3n2)CC1. The van der Waals surface area contributed by atoms with E-state index < -0.39 is 0 Å². The number of fused-ring (bicyclic) bond motifs is 1. The Morgan fingerprint density at radius 1 is 1.17 bits per heavy atom. The predicted molar refractivity (Wildman–Crippen MR) is 123 cm³/mol. The summed E-state index contributed by atoms with van der Waals surface area (Å²) in [7, 11) is 0. The third-order valence-corrected chi connectivity index (χ3v) is 6.38. The average Bonchev–Trinajstić information content (AvgIpc) is 3.44. The Kier molecular flexibility index (Phi) is 5.33. The maximum atomic E-state index is 6.00. The van der Waals surface area contributed by atoms with Crippen LogP contribution >= 0.6 is 11.3 Å². The average molecular weight is 420 g/mol. The Balaban J connectivity index is 1.33. The number of rotatable bonds is 6. The molecule has 5 N–H and O–H groups in total. The van der Waals surface area contributed by atoms with Crippen molar-refractivity contribution in [3.63, 3.8) is 0 Å². The van der Waals surface area contributed by atoms with Crippen molar-refractivity contribution in [2.75, 3.05) is 10.6 Å². The quantitative estimate of drug-likeness (QED) is 0.370. The van der Waals surface area contributed by atoms with Crippen LogP contribution < -0.4 is 16.4 Å². The van der Waals surface area contributed by atoms with E-state index in [4.69, 9.17) is 5.73 Å². The van der Waals surface area contributed by atoms with Gasteiger partial charge in [0.05, 0.1) is 11.1 Å². The van der Waals surface area contributed by atoms with Gasteiger partial charge in [0, 0.05) is 36.1 Å². The van der Waals surface area contributed by atoms with E-state index in [0.717, 1.165) is 54.6 Å². The van der Waals surface area contributed by atoms with Gasteiger partial charge < -0.3 is 16.4 Å². The second kappa shape index (κ2) is 8.41. The van der Waals surface area contributed by atoms with Crippen LogP contribution in [0.15, 0.2) is 47.3 Å². The molecule has 154 valence electrons. The van der Waals surface area contributed by atoms with Gasteiger partial charge in [0.25, 0.3) is 0 Å². The Hall–Kier alpha value is -2.97. The lowest BCUT2D eigenvalue weighted by molar-refractivity contribution is 0.410. The number of anilines is 2. The summed E-state index contributed by atoms with van der Waals surface area (Å²) in [4.78, 5) is 9.16. The molecule has 0 unspecified atom stereocenters. The van der Waals surface area contributed by atoms with Gasteiger partial charge in [0.15, 0.2) is 5.65 Å². The second-order valence-electron chi connectivity index (χ2n) is 7.85. The van der Waals surface area contributed by atoms with Crippen LogP contribution in [0.4, 0.5) is 11.6 Å². The lowest BCUT2D eigenvalue weighted by Crippen LogP contribution is -2.33. The number of thiophene rings is 1. The molecule has 1 aliphatic carbocycles. The standard InChI is InChI=1S/C22H25N7S/c23-16-4-6-17(7-5-16)26-22-25-12-19-20(28-29-21(19)27-22)15-2-1-3-18(10-15)24-11-14-8-9-30-13-14/h1-3,8-10,12-13,16-17,24H,4-7,11,23H2,(H2,25,26,27,28,29). The summed E-state index contributed by atoms with van der Waals surface area (Å²) in [6, 6.07) is 11.2. The fourth-order valence-corrected chi connectivity index (χ4v) is 4.59. The van der Waals surface area contributed by atoms with Crippen molar-refractivity contribution in [1.82, 2.24) is 20.2 Å². The second-order valence-corrected chi connectivity index (χ2v) is 8.63. The summed E-state index contributed by atoms with van der Waals surface area (Å²) in [6.45, 7) is 0.806. The summed E-state index contributed by atoms with van der Waals surface area (Å²) >= 11 is 1.71. The lowest BCUT2D eigenvalue weighted by Gasteiger charge is -2.26. The Labute approximate surface area is 179 Å². The van der Waals surface area contributed by atoms with E-state index in [0.29, 0.717) is 23.7 Å². The summed E-state index contributed by atoms with van der Waals surface area (Å²) in [6.07, 6.45) is 6.05. The minimum absolute atomic E-state index is 0.329. The van der Waals surface area contributed by atoms with Crippen LogP contribution in [0.3, 0.4) is 0 Å². The van der Waals surface area contributed by atoms with E-state index in [1.54, 1.807) is 11.3 Å². The van der Waals surface area contributed by atoms with Crippen molar-refractivity contribution in [3.8, 4) is 11.3 Å². The largest absolute Gasteiger partial charge is 0.381 e. The number of benzene rings is 1. The number of nitrogens with one attached hydrogen (secondary N) is 3. The van der Waals surface area contributed by atoms with Crippen molar-refractivity contribution in [1.29, 1.82) is 0 Å². The molecule has 30 heavy (non-hydrogen) atoms. The van der Waals surface area contributed by atoms with Crippen molar-refractivity contribution in [2.45, 2.75) is 44.3 Å². The molecule has 1 fully saturated rings.